The maximum atomic E-state index is 15.5. The molecule has 2 aliphatic carbocycles. The van der Waals surface area contributed by atoms with Gasteiger partial charge in [0.2, 0.25) is 10.0 Å². The van der Waals surface area contributed by atoms with Crippen LogP contribution in [-0.2, 0) is 32.5 Å². The largest absolute Gasteiger partial charge is 0.491 e. The molecular weight excluding hydrogens is 681 g/mol. The fourth-order valence-electron chi connectivity index (χ4n) is 8.23. The van der Waals surface area contributed by atoms with Crippen LogP contribution in [0.25, 0.3) is 0 Å². The number of halogens is 2. The van der Waals surface area contributed by atoms with E-state index in [1.807, 2.05) is 13.0 Å². The summed E-state index contributed by atoms with van der Waals surface area (Å²) in [6.07, 6.45) is 6.97. The van der Waals surface area contributed by atoms with Gasteiger partial charge in [-0.1, -0.05) is 30.7 Å². The molecule has 6 aliphatic rings. The van der Waals surface area contributed by atoms with Crippen LogP contribution in [0.4, 0.5) is 10.1 Å². The smallest absolute Gasteiger partial charge is 0.264 e. The van der Waals surface area contributed by atoms with Crippen LogP contribution in [0.3, 0.4) is 0 Å². The first-order valence-electron chi connectivity index (χ1n) is 18.2. The number of nitrogens with one attached hydrogen (secondary N) is 1. The van der Waals surface area contributed by atoms with Crippen molar-refractivity contribution >= 4 is 33.2 Å². The summed E-state index contributed by atoms with van der Waals surface area (Å²) in [6.45, 7) is 9.81. The molecule has 4 bridgehead atoms. The summed E-state index contributed by atoms with van der Waals surface area (Å²) < 4.78 is 63.7. The zero-order chi connectivity index (χ0) is 35.0. The molecule has 12 heteroatoms. The van der Waals surface area contributed by atoms with Gasteiger partial charge in [-0.05, 0) is 110 Å². The number of morpholine rings is 1. The monoisotopic (exact) mass is 729 g/mol. The molecule has 0 radical (unpaired) electrons. The maximum absolute atomic E-state index is 15.5. The molecule has 50 heavy (non-hydrogen) atoms. The zero-order valence-electron chi connectivity index (χ0n) is 29.0. The second-order valence-electron chi connectivity index (χ2n) is 14.8. The molecule has 2 fully saturated rings. The van der Waals surface area contributed by atoms with E-state index < -0.39 is 21.2 Å². The zero-order valence-corrected chi connectivity index (χ0v) is 30.6. The Morgan fingerprint density at radius 1 is 1.08 bits per heavy atom. The number of carbonyl (C=O) groups is 1. The molecule has 6 atom stereocenters. The van der Waals surface area contributed by atoms with Crippen LogP contribution < -0.4 is 14.4 Å². The Hall–Kier alpha value is -2.70. The van der Waals surface area contributed by atoms with Crippen molar-refractivity contribution in [2.45, 2.75) is 70.3 Å². The molecular formula is C38H49ClFN3O6S. The van der Waals surface area contributed by atoms with E-state index in [1.165, 1.54) is 5.57 Å². The second kappa shape index (κ2) is 15.1. The van der Waals surface area contributed by atoms with E-state index in [0.717, 1.165) is 64.1 Å². The standard InChI is InChI=1S/C38H49ClFN3O6S/c1-24-25(2)50(45,46)41-38(44)26-8-11-35-34(21-26)43(22-27-7-10-33(39)36(40)31(27)5-3-4-15-48-35)23-28-6-9-32(28)37(30-19-29(24)20-30)49-18-14-42-12-16-47-17-13-42/h7-8,10-11,19,21,24-25,28-29,32,37H,3-6,9,12-18,20,22-23H2,1-2H3,(H,41,44)/t24-,25-,28+,29+,32-,37+/m1/s1. The highest BCUT2D eigenvalue weighted by molar-refractivity contribution is 7.90. The predicted molar refractivity (Wildman–Crippen MR) is 192 cm³/mol. The van der Waals surface area contributed by atoms with Crippen LogP contribution in [0.15, 0.2) is 42.0 Å². The lowest BCUT2D eigenvalue weighted by molar-refractivity contribution is -0.0410. The summed E-state index contributed by atoms with van der Waals surface area (Å²) >= 11 is 6.28. The first-order chi connectivity index (χ1) is 24.1. The quantitative estimate of drug-likeness (QED) is 0.384. The summed E-state index contributed by atoms with van der Waals surface area (Å²) in [6, 6.07) is 8.63. The normalized spacial score (nSPS) is 30.2. The van der Waals surface area contributed by atoms with E-state index in [-0.39, 0.29) is 46.2 Å². The van der Waals surface area contributed by atoms with Gasteiger partial charge in [0.1, 0.15) is 11.6 Å². The lowest BCUT2D eigenvalue weighted by atomic mass is 9.64. The number of anilines is 1. The number of fused-ring (bicyclic) bond motifs is 5. The van der Waals surface area contributed by atoms with Crippen molar-refractivity contribution in [2.75, 3.05) is 57.5 Å². The fourth-order valence-corrected chi connectivity index (χ4v) is 9.74. The second-order valence-corrected chi connectivity index (χ2v) is 17.2. The van der Waals surface area contributed by atoms with E-state index in [9.17, 15) is 13.2 Å². The number of hydrogen-bond acceptors (Lipinski definition) is 8. The Bertz CT molecular complexity index is 1720. The lowest BCUT2D eigenvalue weighted by Crippen LogP contribution is -2.48. The number of ether oxygens (including phenoxy) is 3. The summed E-state index contributed by atoms with van der Waals surface area (Å²) in [4.78, 5) is 18.2. The van der Waals surface area contributed by atoms with Gasteiger partial charge in [-0.2, -0.15) is 0 Å². The lowest BCUT2D eigenvalue weighted by Gasteiger charge is -2.48. The number of sulfonamides is 1. The third kappa shape index (κ3) is 7.44. The topological polar surface area (TPSA) is 97.4 Å². The van der Waals surface area contributed by atoms with E-state index in [4.69, 9.17) is 25.8 Å². The van der Waals surface area contributed by atoms with Gasteiger partial charge in [0.15, 0.2) is 0 Å². The molecule has 272 valence electrons. The number of benzene rings is 2. The van der Waals surface area contributed by atoms with Gasteiger partial charge in [-0.3, -0.25) is 9.69 Å². The molecule has 4 aliphatic heterocycles. The Morgan fingerprint density at radius 3 is 2.64 bits per heavy atom. The van der Waals surface area contributed by atoms with Gasteiger partial charge in [-0.25, -0.2) is 17.5 Å². The average molecular weight is 730 g/mol. The van der Waals surface area contributed by atoms with Crippen molar-refractivity contribution in [1.82, 2.24) is 9.62 Å². The molecule has 1 amide bonds. The summed E-state index contributed by atoms with van der Waals surface area (Å²) in [5.41, 5.74) is 3.60. The highest BCUT2D eigenvalue weighted by Gasteiger charge is 2.45. The van der Waals surface area contributed by atoms with Crippen molar-refractivity contribution < 1.29 is 31.8 Å². The van der Waals surface area contributed by atoms with Gasteiger partial charge in [0.25, 0.3) is 5.91 Å². The van der Waals surface area contributed by atoms with E-state index in [1.54, 1.807) is 31.2 Å². The highest BCUT2D eigenvalue weighted by Crippen LogP contribution is 2.48. The minimum Gasteiger partial charge on any atom is -0.491 e. The van der Waals surface area contributed by atoms with Crippen LogP contribution in [0.1, 0.15) is 67.4 Å². The Morgan fingerprint density at radius 2 is 1.88 bits per heavy atom. The van der Waals surface area contributed by atoms with Crippen LogP contribution in [0.2, 0.25) is 5.02 Å². The minimum absolute atomic E-state index is 0.0627. The van der Waals surface area contributed by atoms with Crippen molar-refractivity contribution in [3.8, 4) is 5.75 Å². The minimum atomic E-state index is -3.98. The molecule has 1 saturated carbocycles. The molecule has 0 unspecified atom stereocenters. The number of carbonyl (C=O) groups excluding carboxylic acids is 1. The van der Waals surface area contributed by atoms with Gasteiger partial charge >= 0.3 is 0 Å². The number of hydrogen-bond donors (Lipinski definition) is 1. The fraction of sp³-hybridized carbons (Fsp3) is 0.605. The van der Waals surface area contributed by atoms with Gasteiger partial charge in [-0.15, -0.1) is 0 Å². The molecule has 2 aromatic rings. The molecule has 1 saturated heterocycles. The van der Waals surface area contributed by atoms with Crippen molar-refractivity contribution in [2.24, 2.45) is 23.7 Å². The van der Waals surface area contributed by atoms with Crippen LogP contribution in [0.5, 0.6) is 5.75 Å². The van der Waals surface area contributed by atoms with Crippen LogP contribution >= 0.6 is 11.6 Å². The predicted octanol–water partition coefficient (Wildman–Crippen LogP) is 5.99. The van der Waals surface area contributed by atoms with Crippen molar-refractivity contribution in [1.29, 1.82) is 0 Å². The van der Waals surface area contributed by atoms with E-state index in [2.05, 4.69) is 20.6 Å². The molecule has 2 aromatic carbocycles. The molecule has 1 N–H and O–H groups in total. The number of nitrogens with zero attached hydrogens (tertiary/aromatic N) is 2. The Balaban J connectivity index is 1.27. The van der Waals surface area contributed by atoms with Crippen LogP contribution in [-0.4, -0.2) is 83.2 Å². The third-order valence-corrected chi connectivity index (χ3v) is 14.0. The van der Waals surface area contributed by atoms with Gasteiger partial charge < -0.3 is 19.1 Å². The number of rotatable bonds is 4. The number of amides is 1. The van der Waals surface area contributed by atoms with Crippen molar-refractivity contribution in [3.05, 3.63) is 69.5 Å². The molecule has 9 nitrogen and oxygen atoms in total. The first kappa shape index (κ1) is 35.7. The van der Waals surface area contributed by atoms with Crippen LogP contribution in [0, 0.1) is 29.5 Å². The van der Waals surface area contributed by atoms with Gasteiger partial charge in [0.05, 0.1) is 48.5 Å². The molecule has 8 rings (SSSR count). The molecule has 0 spiro atoms. The number of allylic oxidation sites excluding steroid dienone is 1. The molecule has 0 aromatic heterocycles. The Kier molecular flexibility index (Phi) is 10.8. The maximum Gasteiger partial charge on any atom is 0.264 e. The first-order valence-corrected chi connectivity index (χ1v) is 20.2. The van der Waals surface area contributed by atoms with Crippen molar-refractivity contribution in [3.63, 3.8) is 0 Å². The summed E-state index contributed by atoms with van der Waals surface area (Å²) in [5, 5.41) is -0.673. The van der Waals surface area contributed by atoms with Gasteiger partial charge in [0, 0.05) is 38.3 Å². The molecule has 4 heterocycles. The van der Waals surface area contributed by atoms with E-state index >= 15 is 4.39 Å². The highest BCUT2D eigenvalue weighted by atomic mass is 35.5. The third-order valence-electron chi connectivity index (χ3n) is 11.8. The summed E-state index contributed by atoms with van der Waals surface area (Å²) in [7, 11) is -3.98. The van der Waals surface area contributed by atoms with E-state index in [0.29, 0.717) is 56.1 Å². The Labute approximate surface area is 300 Å². The SMILES string of the molecule is C[C@@H]1[C@@H](C)S(=O)(=O)NC(=O)c2ccc3c(c2)N(Cc2ccc(Cl)c(F)c2CCCCO3)C[C@@H]2CC[C@H]2[C@@H](OCCN2CCOCC2)C2=C[C@H]1C2. The summed E-state index contributed by atoms with van der Waals surface area (Å²) in [5.74, 6) is -0.00197. The average Bonchev–Trinajstić information content (AvgIpc) is 3.10.